The third-order valence-corrected chi connectivity index (χ3v) is 6.58. The molecule has 0 aliphatic heterocycles. The van der Waals surface area contributed by atoms with Crippen LogP contribution < -0.4 is 31.9 Å². The van der Waals surface area contributed by atoms with Crippen molar-refractivity contribution in [2.75, 3.05) is 31.5 Å². The van der Waals surface area contributed by atoms with E-state index in [0.29, 0.717) is 11.3 Å². The summed E-state index contributed by atoms with van der Waals surface area (Å²) in [5, 5.41) is 22.6. The Balaban J connectivity index is 1.96. The topological polar surface area (TPSA) is 238 Å². The zero-order chi connectivity index (χ0) is 34.9. The van der Waals surface area contributed by atoms with Gasteiger partial charge in [0.1, 0.15) is 12.6 Å². The second kappa shape index (κ2) is 19.3. The molecule has 0 heterocycles. The maximum atomic E-state index is 13.0. The van der Waals surface area contributed by atoms with Crippen LogP contribution in [0.1, 0.15) is 24.5 Å². The molecule has 47 heavy (non-hydrogen) atoms. The Kier molecular flexibility index (Phi) is 15.5. The van der Waals surface area contributed by atoms with Gasteiger partial charge in [0.25, 0.3) is 5.91 Å². The molecule has 0 aliphatic rings. The Morgan fingerprint density at radius 3 is 1.87 bits per heavy atom. The van der Waals surface area contributed by atoms with Crippen molar-refractivity contribution in [3.63, 3.8) is 0 Å². The van der Waals surface area contributed by atoms with E-state index >= 15 is 0 Å². The lowest BCUT2D eigenvalue weighted by Crippen LogP contribution is -2.52. The molecule has 2 rings (SSSR count). The first-order valence-corrected chi connectivity index (χ1v) is 14.9. The van der Waals surface area contributed by atoms with Crippen LogP contribution >= 0.6 is 15.9 Å². The molecule has 6 amide bonds. The number of benzene rings is 2. The molecule has 7 N–H and O–H groups in total. The van der Waals surface area contributed by atoms with Gasteiger partial charge in [0.05, 0.1) is 26.1 Å². The third-order valence-electron chi connectivity index (χ3n) is 6.05. The smallest absolute Gasteiger partial charge is 0.322 e. The second-order valence-corrected chi connectivity index (χ2v) is 11.0. The normalized spacial score (nSPS) is 11.6. The summed E-state index contributed by atoms with van der Waals surface area (Å²) < 4.78 is 5.78. The van der Waals surface area contributed by atoms with Crippen molar-refractivity contribution >= 4 is 69.0 Å². The predicted octanol–water partition coefficient (Wildman–Crippen LogP) is -0.705. The van der Waals surface area contributed by atoms with Crippen molar-refractivity contribution in [2.24, 2.45) is 0 Å². The molecule has 0 unspecified atom stereocenters. The van der Waals surface area contributed by atoms with Crippen LogP contribution in [-0.4, -0.2) is 90.8 Å². The molecule has 0 fully saturated rings. The van der Waals surface area contributed by atoms with E-state index in [1.54, 1.807) is 48.5 Å². The summed E-state index contributed by atoms with van der Waals surface area (Å²) >= 11 is 3.31. The number of carboxylic acid groups (broad SMARTS) is 1. The minimum atomic E-state index is -1.48. The third kappa shape index (κ3) is 15.5. The minimum Gasteiger partial charge on any atom is -0.480 e. The molecule has 2 aromatic rings. The van der Waals surface area contributed by atoms with Crippen LogP contribution in [0.15, 0.2) is 53.0 Å². The van der Waals surface area contributed by atoms with E-state index in [-0.39, 0.29) is 6.42 Å². The zero-order valence-electron chi connectivity index (χ0n) is 25.5. The first kappa shape index (κ1) is 37.9. The highest BCUT2D eigenvalue weighted by atomic mass is 79.9. The fourth-order valence-electron chi connectivity index (χ4n) is 3.75. The SMILES string of the molecule is CC(=O)O[C@H](CC(=O)NCC(=O)N[C@H](Cc1ccc(Br)cc1)C(=O)NCC(=O)NCC(=O)NCC(=O)O)C(=O)Nc1ccc(C)cc1. The molecule has 0 radical (unpaired) electrons. The Labute approximate surface area is 277 Å². The summed E-state index contributed by atoms with van der Waals surface area (Å²) in [6, 6.07) is 12.5. The van der Waals surface area contributed by atoms with Gasteiger partial charge in [0.2, 0.25) is 29.5 Å². The van der Waals surface area contributed by atoms with Crippen LogP contribution in [0.3, 0.4) is 0 Å². The number of aryl methyl sites for hydroxylation is 1. The van der Waals surface area contributed by atoms with Crippen molar-refractivity contribution in [1.29, 1.82) is 0 Å². The maximum Gasteiger partial charge on any atom is 0.322 e. The van der Waals surface area contributed by atoms with Crippen LogP contribution in [0.5, 0.6) is 0 Å². The fourth-order valence-corrected chi connectivity index (χ4v) is 4.01. The first-order valence-electron chi connectivity index (χ1n) is 14.1. The van der Waals surface area contributed by atoms with E-state index in [0.717, 1.165) is 17.0 Å². The maximum absolute atomic E-state index is 13.0. The van der Waals surface area contributed by atoms with Crippen molar-refractivity contribution in [3.8, 4) is 0 Å². The Bertz CT molecular complexity index is 1470. The fraction of sp³-hybridized carbons (Fsp3) is 0.333. The highest BCUT2D eigenvalue weighted by molar-refractivity contribution is 9.10. The number of ether oxygens (including phenoxy) is 1. The molecular formula is C30H35BrN6O10. The standard InChI is InChI=1S/C30H35BrN6O10/c1-17-3-9-21(10-4-17)36-30(46)23(47-18(2)38)12-24(39)32-15-27(42)37-22(11-19-5-7-20(31)8-6-19)29(45)35-14-26(41)33-13-25(40)34-16-28(43)44/h3-10,22-23H,11-16H2,1-2H3,(H,32,39)(H,33,41)(H,34,40)(H,35,45)(H,36,46)(H,37,42)(H,43,44)/t22-,23-/m1/s1. The molecule has 0 saturated carbocycles. The molecule has 0 aliphatic carbocycles. The van der Waals surface area contributed by atoms with E-state index in [2.05, 4.69) is 47.8 Å². The van der Waals surface area contributed by atoms with Crippen molar-refractivity contribution in [1.82, 2.24) is 26.6 Å². The lowest BCUT2D eigenvalue weighted by molar-refractivity contribution is -0.153. The average molecular weight is 720 g/mol. The zero-order valence-corrected chi connectivity index (χ0v) is 27.1. The number of anilines is 1. The van der Waals surface area contributed by atoms with E-state index < -0.39 is 92.1 Å². The second-order valence-electron chi connectivity index (χ2n) is 10.0. The van der Waals surface area contributed by atoms with Gasteiger partial charge in [-0.15, -0.1) is 0 Å². The van der Waals surface area contributed by atoms with Crippen molar-refractivity contribution in [2.45, 2.75) is 38.8 Å². The van der Waals surface area contributed by atoms with Gasteiger partial charge in [-0.2, -0.15) is 0 Å². The summed E-state index contributed by atoms with van der Waals surface area (Å²) in [6.07, 6.45) is -2.06. The number of carbonyl (C=O) groups is 8. The average Bonchev–Trinajstić information content (AvgIpc) is 3.01. The quantitative estimate of drug-likeness (QED) is 0.101. The predicted molar refractivity (Wildman–Crippen MR) is 169 cm³/mol. The van der Waals surface area contributed by atoms with Gasteiger partial charge in [0.15, 0.2) is 6.10 Å². The van der Waals surface area contributed by atoms with Gasteiger partial charge in [-0.05, 0) is 36.8 Å². The number of esters is 1. The largest absolute Gasteiger partial charge is 0.480 e. The molecule has 2 atom stereocenters. The van der Waals surface area contributed by atoms with Gasteiger partial charge < -0.3 is 41.7 Å². The number of rotatable bonds is 17. The summed E-state index contributed by atoms with van der Waals surface area (Å²) in [5.74, 6) is -6.62. The number of nitrogens with one attached hydrogen (secondary N) is 6. The van der Waals surface area contributed by atoms with Gasteiger partial charge in [-0.1, -0.05) is 45.8 Å². The summed E-state index contributed by atoms with van der Waals surface area (Å²) in [7, 11) is 0. The van der Waals surface area contributed by atoms with E-state index in [4.69, 9.17) is 9.84 Å². The number of aliphatic carboxylic acids is 1. The molecular weight excluding hydrogens is 684 g/mol. The molecule has 252 valence electrons. The number of halogens is 1. The number of hydrogen-bond acceptors (Lipinski definition) is 9. The van der Waals surface area contributed by atoms with Crippen LogP contribution in [0.2, 0.25) is 0 Å². The van der Waals surface area contributed by atoms with Crippen LogP contribution in [0, 0.1) is 6.92 Å². The molecule has 2 aromatic carbocycles. The van der Waals surface area contributed by atoms with E-state index in [1.807, 2.05) is 6.92 Å². The lowest BCUT2D eigenvalue weighted by Gasteiger charge is -2.19. The monoisotopic (exact) mass is 718 g/mol. The lowest BCUT2D eigenvalue weighted by atomic mass is 10.1. The Morgan fingerprint density at radius 1 is 0.723 bits per heavy atom. The molecule has 0 aromatic heterocycles. The number of carbonyl (C=O) groups excluding carboxylic acids is 7. The highest BCUT2D eigenvalue weighted by Gasteiger charge is 2.26. The number of amides is 6. The number of carboxylic acids is 1. The van der Waals surface area contributed by atoms with Gasteiger partial charge in [-0.3, -0.25) is 38.4 Å². The molecule has 0 spiro atoms. The molecule has 16 nitrogen and oxygen atoms in total. The van der Waals surface area contributed by atoms with Gasteiger partial charge in [0, 0.05) is 23.5 Å². The van der Waals surface area contributed by atoms with Gasteiger partial charge >= 0.3 is 11.9 Å². The van der Waals surface area contributed by atoms with Gasteiger partial charge in [-0.25, -0.2) is 0 Å². The van der Waals surface area contributed by atoms with Crippen LogP contribution in [-0.2, 0) is 49.5 Å². The highest BCUT2D eigenvalue weighted by Crippen LogP contribution is 2.13. The molecule has 17 heteroatoms. The first-order chi connectivity index (χ1) is 22.2. The summed E-state index contributed by atoms with van der Waals surface area (Å²) in [5.41, 5.74) is 2.03. The van der Waals surface area contributed by atoms with Crippen molar-refractivity contribution < 1.29 is 48.2 Å². The van der Waals surface area contributed by atoms with E-state index in [1.165, 1.54) is 0 Å². The van der Waals surface area contributed by atoms with Crippen LogP contribution in [0.25, 0.3) is 0 Å². The van der Waals surface area contributed by atoms with Crippen molar-refractivity contribution in [3.05, 3.63) is 64.1 Å². The Hall–Kier alpha value is -5.32. The van der Waals surface area contributed by atoms with E-state index in [9.17, 15) is 38.4 Å². The molecule has 0 bridgehead atoms. The van der Waals surface area contributed by atoms with Crippen LogP contribution in [0.4, 0.5) is 5.69 Å². The Morgan fingerprint density at radius 2 is 1.28 bits per heavy atom. The summed E-state index contributed by atoms with van der Waals surface area (Å²) in [4.78, 5) is 96.8. The molecule has 0 saturated heterocycles. The minimum absolute atomic E-state index is 0.00568. The number of hydrogen-bond donors (Lipinski definition) is 7. The summed E-state index contributed by atoms with van der Waals surface area (Å²) in [6.45, 7) is 0.641.